The number of nitrogens with zero attached hydrogens (tertiary/aromatic N) is 2. The second-order valence-electron chi connectivity index (χ2n) is 4.57. The minimum atomic E-state index is -0.454. The van der Waals surface area contributed by atoms with Gasteiger partial charge in [0.15, 0.2) is 5.76 Å². The van der Waals surface area contributed by atoms with E-state index in [2.05, 4.69) is 4.98 Å². The minimum absolute atomic E-state index is 0.0212. The lowest BCUT2D eigenvalue weighted by molar-refractivity contribution is -0.384. The molecule has 0 aliphatic rings. The van der Waals surface area contributed by atoms with Crippen molar-refractivity contribution < 1.29 is 14.1 Å². The molecule has 2 aromatic carbocycles. The first-order valence-corrected chi connectivity index (χ1v) is 6.43. The number of rotatable bonds is 4. The predicted octanol–water partition coefficient (Wildman–Crippen LogP) is 3.73. The minimum Gasteiger partial charge on any atom is -0.436 e. The van der Waals surface area contributed by atoms with Crippen LogP contribution >= 0.6 is 0 Å². The SMILES string of the molecule is O=Cc1ccc(-c2ncc(-c3ccc([N+](=O)[O-])cc3)o2)cc1. The highest BCUT2D eigenvalue weighted by Gasteiger charge is 2.10. The van der Waals surface area contributed by atoms with Crippen molar-refractivity contribution in [1.29, 1.82) is 0 Å². The molecule has 0 bridgehead atoms. The molecule has 0 radical (unpaired) electrons. The summed E-state index contributed by atoms with van der Waals surface area (Å²) in [5.41, 5.74) is 2.05. The number of carbonyl (C=O) groups excluding carboxylic acids is 1. The van der Waals surface area contributed by atoms with Crippen molar-refractivity contribution in [3.63, 3.8) is 0 Å². The average molecular weight is 294 g/mol. The molecule has 1 aromatic heterocycles. The maximum Gasteiger partial charge on any atom is 0.269 e. The van der Waals surface area contributed by atoms with Crippen LogP contribution in [-0.4, -0.2) is 16.2 Å². The lowest BCUT2D eigenvalue weighted by Gasteiger charge is -1.97. The van der Waals surface area contributed by atoms with E-state index in [0.717, 1.165) is 11.8 Å². The van der Waals surface area contributed by atoms with Crippen molar-refractivity contribution in [3.05, 3.63) is 70.4 Å². The first kappa shape index (κ1) is 13.7. The van der Waals surface area contributed by atoms with Crippen LogP contribution in [0.3, 0.4) is 0 Å². The van der Waals surface area contributed by atoms with Crippen molar-refractivity contribution in [2.24, 2.45) is 0 Å². The van der Waals surface area contributed by atoms with Gasteiger partial charge in [0.1, 0.15) is 6.29 Å². The Morgan fingerprint density at radius 1 is 1.00 bits per heavy atom. The maximum atomic E-state index is 10.6. The number of benzene rings is 2. The quantitative estimate of drug-likeness (QED) is 0.415. The van der Waals surface area contributed by atoms with Crippen molar-refractivity contribution in [2.45, 2.75) is 0 Å². The van der Waals surface area contributed by atoms with Crippen LogP contribution < -0.4 is 0 Å². The van der Waals surface area contributed by atoms with Crippen molar-refractivity contribution in [3.8, 4) is 22.8 Å². The van der Waals surface area contributed by atoms with Gasteiger partial charge in [0.2, 0.25) is 5.89 Å². The maximum absolute atomic E-state index is 10.6. The van der Waals surface area contributed by atoms with Crippen molar-refractivity contribution in [2.75, 3.05) is 0 Å². The van der Waals surface area contributed by atoms with Gasteiger partial charge in [-0.25, -0.2) is 4.98 Å². The van der Waals surface area contributed by atoms with Crippen molar-refractivity contribution in [1.82, 2.24) is 4.98 Å². The Hall–Kier alpha value is -3.28. The van der Waals surface area contributed by atoms with Gasteiger partial charge in [0, 0.05) is 28.8 Å². The molecule has 0 atom stereocenters. The smallest absolute Gasteiger partial charge is 0.269 e. The molecular weight excluding hydrogens is 284 g/mol. The van der Waals surface area contributed by atoms with E-state index in [4.69, 9.17) is 4.42 Å². The average Bonchev–Trinajstić information content (AvgIpc) is 3.05. The molecule has 0 saturated carbocycles. The Morgan fingerprint density at radius 3 is 2.23 bits per heavy atom. The summed E-state index contributed by atoms with van der Waals surface area (Å²) in [5.74, 6) is 0.940. The molecule has 0 saturated heterocycles. The lowest BCUT2D eigenvalue weighted by Crippen LogP contribution is -1.86. The number of non-ortho nitro benzene ring substituents is 1. The van der Waals surface area contributed by atoms with E-state index < -0.39 is 4.92 Å². The monoisotopic (exact) mass is 294 g/mol. The van der Waals surface area contributed by atoms with Gasteiger partial charge in [-0.2, -0.15) is 0 Å². The number of hydrogen-bond donors (Lipinski definition) is 0. The zero-order valence-corrected chi connectivity index (χ0v) is 11.3. The molecule has 6 nitrogen and oxygen atoms in total. The molecule has 1 heterocycles. The highest BCUT2D eigenvalue weighted by Crippen LogP contribution is 2.27. The second-order valence-corrected chi connectivity index (χ2v) is 4.57. The van der Waals surface area contributed by atoms with E-state index in [9.17, 15) is 14.9 Å². The number of oxazole rings is 1. The highest BCUT2D eigenvalue weighted by molar-refractivity contribution is 5.76. The summed E-state index contributed by atoms with van der Waals surface area (Å²) < 4.78 is 5.66. The predicted molar refractivity (Wildman–Crippen MR) is 79.4 cm³/mol. The number of aldehydes is 1. The van der Waals surface area contributed by atoms with Crippen LogP contribution in [0.25, 0.3) is 22.8 Å². The molecule has 0 N–H and O–H groups in total. The summed E-state index contributed by atoms with van der Waals surface area (Å²) in [7, 11) is 0. The fourth-order valence-corrected chi connectivity index (χ4v) is 1.99. The largest absolute Gasteiger partial charge is 0.436 e. The molecule has 6 heteroatoms. The van der Waals surface area contributed by atoms with Crippen LogP contribution in [0.2, 0.25) is 0 Å². The molecule has 0 amide bonds. The van der Waals surface area contributed by atoms with Crippen LogP contribution in [0.15, 0.2) is 59.1 Å². The summed E-state index contributed by atoms with van der Waals surface area (Å²) in [6.45, 7) is 0. The van der Waals surface area contributed by atoms with Crippen LogP contribution in [0.4, 0.5) is 5.69 Å². The summed E-state index contributed by atoms with van der Waals surface area (Å²) in [6, 6.07) is 12.9. The van der Waals surface area contributed by atoms with Gasteiger partial charge in [-0.05, 0) is 24.3 Å². The summed E-state index contributed by atoms with van der Waals surface area (Å²) in [5, 5.41) is 10.6. The first-order chi connectivity index (χ1) is 10.7. The Morgan fingerprint density at radius 2 is 1.64 bits per heavy atom. The third-order valence-electron chi connectivity index (χ3n) is 3.16. The van der Waals surface area contributed by atoms with E-state index in [1.54, 1.807) is 42.6 Å². The Labute approximate surface area is 125 Å². The van der Waals surface area contributed by atoms with Gasteiger partial charge in [0.25, 0.3) is 5.69 Å². The zero-order chi connectivity index (χ0) is 15.5. The number of carbonyl (C=O) groups is 1. The third-order valence-corrected chi connectivity index (χ3v) is 3.16. The zero-order valence-electron chi connectivity index (χ0n) is 11.3. The van der Waals surface area contributed by atoms with Gasteiger partial charge in [-0.15, -0.1) is 0 Å². The molecule has 108 valence electrons. The molecule has 3 rings (SSSR count). The number of aromatic nitrogens is 1. The van der Waals surface area contributed by atoms with Crippen LogP contribution in [-0.2, 0) is 0 Å². The number of hydrogen-bond acceptors (Lipinski definition) is 5. The second kappa shape index (κ2) is 5.61. The fourth-order valence-electron chi connectivity index (χ4n) is 1.99. The summed E-state index contributed by atoms with van der Waals surface area (Å²) >= 11 is 0. The lowest BCUT2D eigenvalue weighted by atomic mass is 10.1. The van der Waals surface area contributed by atoms with Gasteiger partial charge < -0.3 is 4.42 Å². The van der Waals surface area contributed by atoms with Crippen molar-refractivity contribution >= 4 is 12.0 Å². The Kier molecular flexibility index (Phi) is 3.49. The highest BCUT2D eigenvalue weighted by atomic mass is 16.6. The molecule has 0 unspecified atom stereocenters. The fraction of sp³-hybridized carbons (Fsp3) is 0. The van der Waals surface area contributed by atoms with E-state index >= 15 is 0 Å². The van der Waals surface area contributed by atoms with Gasteiger partial charge in [-0.3, -0.25) is 14.9 Å². The molecule has 0 aliphatic heterocycles. The van der Waals surface area contributed by atoms with Gasteiger partial charge in [0.05, 0.1) is 11.1 Å². The summed E-state index contributed by atoms with van der Waals surface area (Å²) in [6.07, 6.45) is 2.33. The number of nitro groups is 1. The normalized spacial score (nSPS) is 10.4. The first-order valence-electron chi connectivity index (χ1n) is 6.43. The third kappa shape index (κ3) is 2.62. The number of nitro benzene ring substituents is 1. The van der Waals surface area contributed by atoms with E-state index in [1.807, 2.05) is 0 Å². The molecule has 0 aliphatic carbocycles. The van der Waals surface area contributed by atoms with Crippen LogP contribution in [0, 0.1) is 10.1 Å². The molecule has 0 spiro atoms. The molecule has 22 heavy (non-hydrogen) atoms. The van der Waals surface area contributed by atoms with E-state index in [-0.39, 0.29) is 5.69 Å². The standard InChI is InChI=1S/C16H10N2O4/c19-10-11-1-3-13(4-2-11)16-17-9-15(22-16)12-5-7-14(8-6-12)18(20)21/h1-10H. The van der Waals surface area contributed by atoms with Crippen LogP contribution in [0.1, 0.15) is 10.4 Å². The molecule has 0 fully saturated rings. The van der Waals surface area contributed by atoms with Crippen LogP contribution in [0.5, 0.6) is 0 Å². The Bertz CT molecular complexity index is 820. The Balaban J connectivity index is 1.89. The summed E-state index contributed by atoms with van der Waals surface area (Å²) in [4.78, 5) is 25.0. The van der Waals surface area contributed by atoms with Gasteiger partial charge in [-0.1, -0.05) is 12.1 Å². The topological polar surface area (TPSA) is 86.2 Å². The molecule has 3 aromatic rings. The molecular formula is C16H10N2O4. The van der Waals surface area contributed by atoms with E-state index in [1.165, 1.54) is 12.1 Å². The van der Waals surface area contributed by atoms with E-state index in [0.29, 0.717) is 22.8 Å². The van der Waals surface area contributed by atoms with Gasteiger partial charge >= 0.3 is 0 Å².